The van der Waals surface area contributed by atoms with Crippen molar-refractivity contribution < 1.29 is 0 Å². The van der Waals surface area contributed by atoms with Crippen molar-refractivity contribution in [1.82, 2.24) is 0 Å². The summed E-state index contributed by atoms with van der Waals surface area (Å²) in [5.41, 5.74) is 7.14. The van der Waals surface area contributed by atoms with Gasteiger partial charge in [0.15, 0.2) is 0 Å². The molecule has 0 fully saturated rings. The maximum Gasteiger partial charge on any atom is 0.0175 e. The second kappa shape index (κ2) is 5.34. The maximum absolute atomic E-state index is 3.51. The van der Waals surface area contributed by atoms with E-state index in [0.717, 1.165) is 4.47 Å². The molecule has 0 radical (unpaired) electrons. The molecule has 96 valence electrons. The minimum absolute atomic E-state index is 1.15. The molecule has 0 spiro atoms. The summed E-state index contributed by atoms with van der Waals surface area (Å²) in [4.78, 5) is 0. The summed E-state index contributed by atoms with van der Waals surface area (Å²) in [5, 5.41) is 0. The molecule has 0 saturated heterocycles. The van der Waals surface area contributed by atoms with E-state index in [1.54, 1.807) is 0 Å². The molecule has 0 unspecified atom stereocenters. The molecular formula is C18H17Br. The number of hydrogen-bond donors (Lipinski definition) is 0. The van der Waals surface area contributed by atoms with E-state index in [2.05, 4.69) is 71.4 Å². The number of aryl methyl sites for hydroxylation is 1. The molecule has 19 heavy (non-hydrogen) atoms. The SMILES string of the molecule is Cc1ccc(C2=C(c3ccc(Br)cc3)CCC2)cc1. The standard InChI is InChI=1S/C18H17Br/c1-13-5-7-14(8-6-13)17-3-2-4-18(17)15-9-11-16(19)12-10-15/h5-12H,2-4H2,1H3. The van der Waals surface area contributed by atoms with Gasteiger partial charge in [-0.25, -0.2) is 0 Å². The number of halogens is 1. The van der Waals surface area contributed by atoms with Gasteiger partial charge >= 0.3 is 0 Å². The van der Waals surface area contributed by atoms with Crippen LogP contribution in [0.25, 0.3) is 11.1 Å². The van der Waals surface area contributed by atoms with Gasteiger partial charge in [0.25, 0.3) is 0 Å². The van der Waals surface area contributed by atoms with Crippen molar-refractivity contribution in [3.63, 3.8) is 0 Å². The molecule has 0 atom stereocenters. The quantitative estimate of drug-likeness (QED) is 0.652. The van der Waals surface area contributed by atoms with Crippen LogP contribution in [0, 0.1) is 6.92 Å². The third kappa shape index (κ3) is 2.66. The van der Waals surface area contributed by atoms with Crippen LogP contribution in [0.1, 0.15) is 36.0 Å². The molecule has 0 amide bonds. The van der Waals surface area contributed by atoms with E-state index in [9.17, 15) is 0 Å². The highest BCUT2D eigenvalue weighted by Crippen LogP contribution is 2.39. The predicted molar refractivity (Wildman–Crippen MR) is 86.0 cm³/mol. The molecular weight excluding hydrogens is 296 g/mol. The minimum atomic E-state index is 1.15. The van der Waals surface area contributed by atoms with Gasteiger partial charge in [-0.2, -0.15) is 0 Å². The van der Waals surface area contributed by atoms with Gasteiger partial charge in [0.1, 0.15) is 0 Å². The van der Waals surface area contributed by atoms with Gasteiger partial charge in [-0.05, 0) is 60.6 Å². The second-order valence-electron chi connectivity index (χ2n) is 5.18. The molecule has 0 aromatic heterocycles. The Bertz CT molecular complexity index is 548. The lowest BCUT2D eigenvalue weighted by Gasteiger charge is -2.09. The summed E-state index contributed by atoms with van der Waals surface area (Å²) in [6.45, 7) is 2.14. The number of rotatable bonds is 2. The Morgan fingerprint density at radius 2 is 1.21 bits per heavy atom. The third-order valence-corrected chi connectivity index (χ3v) is 4.34. The van der Waals surface area contributed by atoms with Crippen molar-refractivity contribution in [3.05, 3.63) is 69.7 Å². The van der Waals surface area contributed by atoms with Crippen molar-refractivity contribution >= 4 is 27.1 Å². The first-order valence-electron chi connectivity index (χ1n) is 6.79. The van der Waals surface area contributed by atoms with Crippen LogP contribution in [0.5, 0.6) is 0 Å². The average molecular weight is 313 g/mol. The highest BCUT2D eigenvalue weighted by atomic mass is 79.9. The van der Waals surface area contributed by atoms with Crippen LogP contribution >= 0.6 is 15.9 Å². The predicted octanol–water partition coefficient (Wildman–Crippen LogP) is 5.85. The summed E-state index contributed by atoms with van der Waals surface area (Å²) >= 11 is 3.51. The maximum atomic E-state index is 3.51. The first kappa shape index (κ1) is 12.7. The molecule has 0 bridgehead atoms. The van der Waals surface area contributed by atoms with Gasteiger partial charge in [-0.3, -0.25) is 0 Å². The van der Waals surface area contributed by atoms with Gasteiger partial charge in [0.05, 0.1) is 0 Å². The van der Waals surface area contributed by atoms with Crippen LogP contribution in [0.4, 0.5) is 0 Å². The van der Waals surface area contributed by atoms with E-state index in [1.165, 1.54) is 47.1 Å². The molecule has 3 rings (SSSR count). The van der Waals surface area contributed by atoms with Gasteiger partial charge in [0.2, 0.25) is 0 Å². The highest BCUT2D eigenvalue weighted by molar-refractivity contribution is 9.10. The van der Waals surface area contributed by atoms with E-state index in [-0.39, 0.29) is 0 Å². The number of allylic oxidation sites excluding steroid dienone is 2. The number of benzene rings is 2. The average Bonchev–Trinajstić information content (AvgIpc) is 2.90. The fraction of sp³-hybridized carbons (Fsp3) is 0.222. The van der Waals surface area contributed by atoms with Crippen molar-refractivity contribution in [3.8, 4) is 0 Å². The zero-order valence-corrected chi connectivity index (χ0v) is 12.7. The highest BCUT2D eigenvalue weighted by Gasteiger charge is 2.17. The van der Waals surface area contributed by atoms with E-state index in [0.29, 0.717) is 0 Å². The van der Waals surface area contributed by atoms with E-state index < -0.39 is 0 Å². The first-order valence-corrected chi connectivity index (χ1v) is 7.58. The smallest absolute Gasteiger partial charge is 0.0175 e. The lowest BCUT2D eigenvalue weighted by atomic mass is 9.96. The molecule has 2 aromatic carbocycles. The van der Waals surface area contributed by atoms with Crippen LogP contribution in [-0.2, 0) is 0 Å². The van der Waals surface area contributed by atoms with Crippen molar-refractivity contribution in [1.29, 1.82) is 0 Å². The van der Waals surface area contributed by atoms with Gasteiger partial charge in [0, 0.05) is 4.47 Å². The summed E-state index contributed by atoms with van der Waals surface area (Å²) in [6.07, 6.45) is 3.67. The van der Waals surface area contributed by atoms with Crippen LogP contribution in [-0.4, -0.2) is 0 Å². The Labute approximate surface area is 123 Å². The van der Waals surface area contributed by atoms with Crippen LogP contribution < -0.4 is 0 Å². The summed E-state index contributed by atoms with van der Waals surface area (Å²) in [7, 11) is 0. The fourth-order valence-electron chi connectivity index (χ4n) is 2.79. The molecule has 0 aliphatic heterocycles. The molecule has 1 heteroatoms. The zero-order valence-electron chi connectivity index (χ0n) is 11.1. The Morgan fingerprint density at radius 1 is 0.737 bits per heavy atom. The first-order chi connectivity index (χ1) is 9.24. The second-order valence-corrected chi connectivity index (χ2v) is 6.10. The van der Waals surface area contributed by atoms with Crippen molar-refractivity contribution in [2.45, 2.75) is 26.2 Å². The lowest BCUT2D eigenvalue weighted by Crippen LogP contribution is -1.86. The lowest BCUT2D eigenvalue weighted by molar-refractivity contribution is 0.942. The Morgan fingerprint density at radius 3 is 1.74 bits per heavy atom. The van der Waals surface area contributed by atoms with Crippen LogP contribution in [0.3, 0.4) is 0 Å². The molecule has 2 aromatic rings. The third-order valence-electron chi connectivity index (χ3n) is 3.81. The largest absolute Gasteiger partial charge is 0.0587 e. The van der Waals surface area contributed by atoms with Gasteiger partial charge in [-0.1, -0.05) is 57.9 Å². The van der Waals surface area contributed by atoms with Gasteiger partial charge < -0.3 is 0 Å². The Kier molecular flexibility index (Phi) is 3.56. The molecule has 1 aliphatic carbocycles. The molecule has 0 heterocycles. The van der Waals surface area contributed by atoms with E-state index in [1.807, 2.05) is 0 Å². The normalized spacial score (nSPS) is 15.1. The topological polar surface area (TPSA) is 0 Å². The van der Waals surface area contributed by atoms with E-state index in [4.69, 9.17) is 0 Å². The van der Waals surface area contributed by atoms with E-state index >= 15 is 0 Å². The molecule has 0 nitrogen and oxygen atoms in total. The minimum Gasteiger partial charge on any atom is -0.0587 e. The van der Waals surface area contributed by atoms with Gasteiger partial charge in [-0.15, -0.1) is 0 Å². The summed E-state index contributed by atoms with van der Waals surface area (Å²) < 4.78 is 1.15. The van der Waals surface area contributed by atoms with Crippen molar-refractivity contribution in [2.75, 3.05) is 0 Å². The fourth-order valence-corrected chi connectivity index (χ4v) is 3.05. The van der Waals surface area contributed by atoms with Crippen LogP contribution in [0.15, 0.2) is 53.0 Å². The zero-order chi connectivity index (χ0) is 13.2. The summed E-state index contributed by atoms with van der Waals surface area (Å²) in [6, 6.07) is 17.6. The Balaban J connectivity index is 2.04. The van der Waals surface area contributed by atoms with Crippen LogP contribution in [0.2, 0.25) is 0 Å². The Hall–Kier alpha value is -1.34. The monoisotopic (exact) mass is 312 g/mol. The molecule has 1 aliphatic rings. The van der Waals surface area contributed by atoms with Crippen molar-refractivity contribution in [2.24, 2.45) is 0 Å². The molecule has 0 N–H and O–H groups in total. The molecule has 0 saturated carbocycles. The summed E-state index contributed by atoms with van der Waals surface area (Å²) in [5.74, 6) is 0. The number of hydrogen-bond acceptors (Lipinski definition) is 0.